The summed E-state index contributed by atoms with van der Waals surface area (Å²) in [5.41, 5.74) is -0.671. The van der Waals surface area contributed by atoms with E-state index >= 15 is 0 Å². The molecule has 0 aromatic heterocycles. The summed E-state index contributed by atoms with van der Waals surface area (Å²) >= 11 is 0. The zero-order valence-corrected chi connectivity index (χ0v) is 14.6. The van der Waals surface area contributed by atoms with Gasteiger partial charge in [-0.25, -0.2) is 17.6 Å². The van der Waals surface area contributed by atoms with Gasteiger partial charge >= 0.3 is 0 Å². The van der Waals surface area contributed by atoms with E-state index in [1.165, 1.54) is 6.92 Å². The molecular formula is C20H20F4O2. The van der Waals surface area contributed by atoms with Crippen LogP contribution in [0.2, 0.25) is 0 Å². The number of rotatable bonds is 4. The SMILES string of the molecule is CCCC1COC(c2cc(F)c(-c3cc(F)c(C)c(F)c3)c(F)c2)OC1. The van der Waals surface area contributed by atoms with Crippen molar-refractivity contribution in [3.05, 3.63) is 58.7 Å². The van der Waals surface area contributed by atoms with Crippen molar-refractivity contribution in [1.82, 2.24) is 0 Å². The van der Waals surface area contributed by atoms with Crippen molar-refractivity contribution < 1.29 is 27.0 Å². The van der Waals surface area contributed by atoms with Crippen LogP contribution in [0.15, 0.2) is 24.3 Å². The lowest BCUT2D eigenvalue weighted by atomic mass is 9.99. The van der Waals surface area contributed by atoms with Crippen molar-refractivity contribution in [2.24, 2.45) is 5.92 Å². The Hall–Kier alpha value is -1.92. The standard InChI is InChI=1S/C20H20F4O2/c1-3-4-12-9-25-20(26-10-12)14-7-17(23)19(18(24)8-14)13-5-15(21)11(2)16(22)6-13/h5-8,12,20H,3-4,9-10H2,1-2H3. The molecular weight excluding hydrogens is 348 g/mol. The summed E-state index contributed by atoms with van der Waals surface area (Å²) in [4.78, 5) is 0. The van der Waals surface area contributed by atoms with E-state index < -0.39 is 35.1 Å². The van der Waals surface area contributed by atoms with Gasteiger partial charge in [-0.3, -0.25) is 0 Å². The molecule has 0 radical (unpaired) electrons. The van der Waals surface area contributed by atoms with E-state index in [0.717, 1.165) is 37.1 Å². The minimum absolute atomic E-state index is 0.194. The maximum Gasteiger partial charge on any atom is 0.184 e. The summed E-state index contributed by atoms with van der Waals surface area (Å²) in [6, 6.07) is 4.00. The van der Waals surface area contributed by atoms with Gasteiger partial charge in [0.25, 0.3) is 0 Å². The summed E-state index contributed by atoms with van der Waals surface area (Å²) in [7, 11) is 0. The van der Waals surface area contributed by atoms with Crippen molar-refractivity contribution in [2.45, 2.75) is 33.0 Å². The van der Waals surface area contributed by atoms with E-state index in [4.69, 9.17) is 9.47 Å². The fourth-order valence-electron chi connectivity index (χ4n) is 3.10. The highest BCUT2D eigenvalue weighted by molar-refractivity contribution is 5.66. The van der Waals surface area contributed by atoms with E-state index in [-0.39, 0.29) is 22.6 Å². The number of hydrogen-bond acceptors (Lipinski definition) is 2. The van der Waals surface area contributed by atoms with Gasteiger partial charge < -0.3 is 9.47 Å². The number of benzene rings is 2. The van der Waals surface area contributed by atoms with Crippen LogP contribution in [-0.4, -0.2) is 13.2 Å². The van der Waals surface area contributed by atoms with Crippen molar-refractivity contribution >= 4 is 0 Å². The Kier molecular flexibility index (Phi) is 5.63. The van der Waals surface area contributed by atoms with Crippen LogP contribution < -0.4 is 0 Å². The molecule has 1 fully saturated rings. The summed E-state index contributed by atoms with van der Waals surface area (Å²) in [5.74, 6) is -3.30. The van der Waals surface area contributed by atoms with Crippen LogP contribution in [0.3, 0.4) is 0 Å². The van der Waals surface area contributed by atoms with Gasteiger partial charge in [0.1, 0.15) is 23.3 Å². The first-order chi connectivity index (χ1) is 12.4. The van der Waals surface area contributed by atoms with Crippen LogP contribution in [-0.2, 0) is 9.47 Å². The van der Waals surface area contributed by atoms with Gasteiger partial charge in [0, 0.05) is 17.0 Å². The van der Waals surface area contributed by atoms with E-state index in [9.17, 15) is 17.6 Å². The minimum Gasteiger partial charge on any atom is -0.348 e. The van der Waals surface area contributed by atoms with Crippen LogP contribution in [0, 0.1) is 36.1 Å². The van der Waals surface area contributed by atoms with Crippen molar-refractivity contribution in [1.29, 1.82) is 0 Å². The summed E-state index contributed by atoms with van der Waals surface area (Å²) in [6.07, 6.45) is 1.11. The van der Waals surface area contributed by atoms with E-state index in [1.807, 2.05) is 0 Å². The summed E-state index contributed by atoms with van der Waals surface area (Å²) in [6.45, 7) is 4.23. The quantitative estimate of drug-likeness (QED) is 0.647. The van der Waals surface area contributed by atoms with Gasteiger partial charge in [-0.1, -0.05) is 13.3 Å². The summed E-state index contributed by atoms with van der Waals surface area (Å²) < 4.78 is 67.6. The fraction of sp³-hybridized carbons (Fsp3) is 0.400. The molecule has 0 amide bonds. The first kappa shape index (κ1) is 18.9. The molecule has 0 N–H and O–H groups in total. The molecule has 3 rings (SSSR count). The lowest BCUT2D eigenvalue weighted by molar-refractivity contribution is -0.206. The van der Waals surface area contributed by atoms with Crippen LogP contribution in [0.4, 0.5) is 17.6 Å². The number of halogens is 4. The maximum absolute atomic E-state index is 14.5. The molecule has 1 heterocycles. The third-order valence-corrected chi connectivity index (χ3v) is 4.57. The Labute approximate surface area is 149 Å². The van der Waals surface area contributed by atoms with E-state index in [2.05, 4.69) is 6.92 Å². The molecule has 140 valence electrons. The second kappa shape index (κ2) is 7.76. The number of hydrogen-bond donors (Lipinski definition) is 0. The van der Waals surface area contributed by atoms with E-state index in [0.29, 0.717) is 13.2 Å². The Morgan fingerprint density at radius 1 is 0.885 bits per heavy atom. The van der Waals surface area contributed by atoms with Gasteiger partial charge in [-0.2, -0.15) is 0 Å². The Morgan fingerprint density at radius 2 is 1.42 bits per heavy atom. The highest BCUT2D eigenvalue weighted by Crippen LogP contribution is 2.33. The normalized spacial score (nSPS) is 20.4. The molecule has 1 aliphatic rings. The van der Waals surface area contributed by atoms with Crippen molar-refractivity contribution in [2.75, 3.05) is 13.2 Å². The average Bonchev–Trinajstić information content (AvgIpc) is 2.60. The van der Waals surface area contributed by atoms with E-state index in [1.54, 1.807) is 0 Å². The maximum atomic E-state index is 14.5. The molecule has 1 saturated heterocycles. The molecule has 0 bridgehead atoms. The lowest BCUT2D eigenvalue weighted by Crippen LogP contribution is -2.27. The van der Waals surface area contributed by atoms with Crippen LogP contribution in [0.25, 0.3) is 11.1 Å². The Balaban J connectivity index is 1.88. The van der Waals surface area contributed by atoms with Gasteiger partial charge in [0.05, 0.1) is 18.8 Å². The third kappa shape index (κ3) is 3.76. The smallest absolute Gasteiger partial charge is 0.184 e. The highest BCUT2D eigenvalue weighted by atomic mass is 19.1. The second-order valence-electron chi connectivity index (χ2n) is 6.58. The molecule has 2 aromatic rings. The first-order valence-corrected chi connectivity index (χ1v) is 8.58. The molecule has 0 saturated carbocycles. The largest absolute Gasteiger partial charge is 0.348 e. The van der Waals surface area contributed by atoms with Gasteiger partial charge in [0.2, 0.25) is 0 Å². The fourth-order valence-corrected chi connectivity index (χ4v) is 3.10. The molecule has 0 atom stereocenters. The van der Waals surface area contributed by atoms with Gasteiger partial charge in [-0.15, -0.1) is 0 Å². The molecule has 1 aliphatic heterocycles. The molecule has 26 heavy (non-hydrogen) atoms. The van der Waals surface area contributed by atoms with Crippen molar-refractivity contribution in [3.8, 4) is 11.1 Å². The Bertz CT molecular complexity index is 752. The zero-order valence-electron chi connectivity index (χ0n) is 14.6. The highest BCUT2D eigenvalue weighted by Gasteiger charge is 2.25. The topological polar surface area (TPSA) is 18.5 Å². The average molecular weight is 368 g/mol. The lowest BCUT2D eigenvalue weighted by Gasteiger charge is -2.29. The van der Waals surface area contributed by atoms with Crippen LogP contribution in [0.5, 0.6) is 0 Å². The zero-order chi connectivity index (χ0) is 18.8. The van der Waals surface area contributed by atoms with Crippen LogP contribution >= 0.6 is 0 Å². The third-order valence-electron chi connectivity index (χ3n) is 4.57. The summed E-state index contributed by atoms with van der Waals surface area (Å²) in [5, 5.41) is 0. The van der Waals surface area contributed by atoms with Crippen LogP contribution in [0.1, 0.15) is 37.2 Å². The Morgan fingerprint density at radius 3 is 1.92 bits per heavy atom. The first-order valence-electron chi connectivity index (χ1n) is 8.58. The molecule has 2 aromatic carbocycles. The predicted molar refractivity (Wildman–Crippen MR) is 89.5 cm³/mol. The second-order valence-corrected chi connectivity index (χ2v) is 6.58. The molecule has 6 heteroatoms. The monoisotopic (exact) mass is 368 g/mol. The van der Waals surface area contributed by atoms with Gasteiger partial charge in [0.15, 0.2) is 6.29 Å². The molecule has 0 unspecified atom stereocenters. The van der Waals surface area contributed by atoms with Gasteiger partial charge in [-0.05, 0) is 43.2 Å². The molecule has 2 nitrogen and oxygen atoms in total. The minimum atomic E-state index is -0.925. The predicted octanol–water partition coefficient (Wildman–Crippen LogP) is 5.68. The molecule has 0 spiro atoms. The number of ether oxygens (including phenoxy) is 2. The molecule has 0 aliphatic carbocycles. The van der Waals surface area contributed by atoms with Crippen molar-refractivity contribution in [3.63, 3.8) is 0 Å².